The number of halogens is 1. The number of nitrogens with zero attached hydrogens (tertiary/aromatic N) is 4. The first-order chi connectivity index (χ1) is 7.74. The van der Waals surface area contributed by atoms with Gasteiger partial charge in [-0.1, -0.05) is 23.5 Å². The summed E-state index contributed by atoms with van der Waals surface area (Å²) in [4.78, 5) is 0.594. The van der Waals surface area contributed by atoms with Crippen LogP contribution in [0.2, 0.25) is 0 Å². The molecule has 0 saturated carbocycles. The van der Waals surface area contributed by atoms with E-state index in [0.717, 1.165) is 0 Å². The molecule has 0 saturated heterocycles. The molecule has 0 aliphatic carbocycles. The van der Waals surface area contributed by atoms with Crippen molar-refractivity contribution in [3.05, 3.63) is 30.1 Å². The fraction of sp³-hybridized carbons (Fsp3) is 0. The van der Waals surface area contributed by atoms with Crippen LogP contribution in [0.5, 0.6) is 0 Å². The number of nitrogens with two attached hydrogens (primary N) is 1. The molecule has 7 heteroatoms. The van der Waals surface area contributed by atoms with Crippen molar-refractivity contribution < 1.29 is 4.39 Å². The molecule has 0 amide bonds. The lowest BCUT2D eigenvalue weighted by Gasteiger charge is -1.96. The smallest absolute Gasteiger partial charge is 0.236 e. The summed E-state index contributed by atoms with van der Waals surface area (Å²) in [5.74, 6) is 0.167. The predicted molar refractivity (Wildman–Crippen MR) is 58.5 cm³/mol. The van der Waals surface area contributed by atoms with Crippen LogP contribution in [-0.4, -0.2) is 19.8 Å². The molecule has 0 fully saturated rings. The Kier molecular flexibility index (Phi) is 1.87. The van der Waals surface area contributed by atoms with Gasteiger partial charge in [0.2, 0.25) is 10.1 Å². The third-order valence-corrected chi connectivity index (χ3v) is 2.82. The van der Waals surface area contributed by atoms with Gasteiger partial charge in [0.05, 0.1) is 0 Å². The van der Waals surface area contributed by atoms with Crippen LogP contribution in [0, 0.1) is 5.82 Å². The van der Waals surface area contributed by atoms with Crippen LogP contribution in [0.15, 0.2) is 24.3 Å². The lowest BCUT2D eigenvalue weighted by molar-refractivity contribution is 0.628. The van der Waals surface area contributed by atoms with Crippen molar-refractivity contribution in [2.75, 3.05) is 5.73 Å². The van der Waals surface area contributed by atoms with E-state index >= 15 is 0 Å². The van der Waals surface area contributed by atoms with E-state index in [0.29, 0.717) is 21.5 Å². The molecule has 0 bridgehead atoms. The van der Waals surface area contributed by atoms with Gasteiger partial charge in [-0.3, -0.25) is 0 Å². The van der Waals surface area contributed by atoms with Crippen LogP contribution in [0.1, 0.15) is 0 Å². The largest absolute Gasteiger partial charge is 0.374 e. The Morgan fingerprint density at radius 1 is 1.31 bits per heavy atom. The van der Waals surface area contributed by atoms with Gasteiger partial charge in [0, 0.05) is 5.56 Å². The van der Waals surface area contributed by atoms with E-state index in [1.54, 1.807) is 12.1 Å². The molecule has 0 radical (unpaired) electrons. The summed E-state index contributed by atoms with van der Waals surface area (Å²) in [6.07, 6.45) is 0. The summed E-state index contributed by atoms with van der Waals surface area (Å²) < 4.78 is 14.6. The van der Waals surface area contributed by atoms with Crippen molar-refractivity contribution in [3.63, 3.8) is 0 Å². The zero-order valence-electron chi connectivity index (χ0n) is 7.96. The third-order valence-electron chi connectivity index (χ3n) is 2.09. The first kappa shape index (κ1) is 9.22. The highest BCUT2D eigenvalue weighted by atomic mass is 32.1. The topological polar surface area (TPSA) is 69.1 Å². The Hall–Kier alpha value is -2.02. The first-order valence-electron chi connectivity index (χ1n) is 4.48. The molecule has 0 aliphatic heterocycles. The number of aromatic nitrogens is 4. The van der Waals surface area contributed by atoms with Crippen LogP contribution in [0.4, 0.5) is 9.52 Å². The molecule has 0 unspecified atom stereocenters. The second-order valence-electron chi connectivity index (χ2n) is 3.17. The van der Waals surface area contributed by atoms with Crippen LogP contribution in [0.25, 0.3) is 16.3 Å². The number of rotatable bonds is 1. The SMILES string of the molecule is Nc1nn2c(-c3cccc(F)c3)nnc2s1. The van der Waals surface area contributed by atoms with Crippen LogP contribution in [-0.2, 0) is 0 Å². The van der Waals surface area contributed by atoms with Gasteiger partial charge in [-0.05, 0) is 12.1 Å². The van der Waals surface area contributed by atoms with E-state index < -0.39 is 0 Å². The maximum absolute atomic E-state index is 13.1. The molecule has 2 N–H and O–H groups in total. The van der Waals surface area contributed by atoms with E-state index in [1.165, 1.54) is 28.0 Å². The van der Waals surface area contributed by atoms with Crippen molar-refractivity contribution >= 4 is 21.4 Å². The fourth-order valence-corrected chi connectivity index (χ4v) is 2.04. The molecule has 0 aliphatic rings. The molecule has 1 aromatic carbocycles. The summed E-state index contributed by atoms with van der Waals surface area (Å²) in [7, 11) is 0. The minimum absolute atomic E-state index is 0.322. The molecule has 2 aromatic heterocycles. The highest BCUT2D eigenvalue weighted by Crippen LogP contribution is 2.22. The van der Waals surface area contributed by atoms with E-state index in [-0.39, 0.29) is 5.82 Å². The summed E-state index contributed by atoms with van der Waals surface area (Å²) in [5, 5.41) is 12.3. The second-order valence-corrected chi connectivity index (χ2v) is 4.16. The summed E-state index contributed by atoms with van der Waals surface area (Å²) in [6.45, 7) is 0. The fourth-order valence-electron chi connectivity index (χ4n) is 1.44. The minimum Gasteiger partial charge on any atom is -0.374 e. The lowest BCUT2D eigenvalue weighted by atomic mass is 10.2. The molecule has 3 rings (SSSR count). The van der Waals surface area contributed by atoms with Gasteiger partial charge in [-0.15, -0.1) is 15.3 Å². The third kappa shape index (κ3) is 1.33. The normalized spacial score (nSPS) is 11.1. The number of anilines is 1. The summed E-state index contributed by atoms with van der Waals surface area (Å²) in [6, 6.07) is 6.11. The van der Waals surface area contributed by atoms with Crippen LogP contribution >= 0.6 is 11.3 Å². The van der Waals surface area contributed by atoms with Crippen molar-refractivity contribution in [1.29, 1.82) is 0 Å². The number of benzene rings is 1. The van der Waals surface area contributed by atoms with Crippen LogP contribution < -0.4 is 5.73 Å². The molecule has 5 nitrogen and oxygen atoms in total. The van der Waals surface area contributed by atoms with Gasteiger partial charge >= 0.3 is 0 Å². The number of fused-ring (bicyclic) bond motifs is 1. The summed E-state index contributed by atoms with van der Waals surface area (Å²) in [5.41, 5.74) is 6.18. The summed E-state index contributed by atoms with van der Waals surface area (Å²) >= 11 is 1.23. The molecule has 16 heavy (non-hydrogen) atoms. The number of hydrogen-bond acceptors (Lipinski definition) is 5. The number of nitrogen functional groups attached to an aromatic ring is 1. The predicted octanol–water partition coefficient (Wildman–Crippen LogP) is 1.57. The van der Waals surface area contributed by atoms with Crippen LogP contribution in [0.3, 0.4) is 0 Å². The van der Waals surface area contributed by atoms with E-state index in [9.17, 15) is 4.39 Å². The van der Waals surface area contributed by atoms with Gasteiger partial charge in [0.25, 0.3) is 0 Å². The van der Waals surface area contributed by atoms with Gasteiger partial charge in [0.15, 0.2) is 5.82 Å². The van der Waals surface area contributed by atoms with Crippen molar-refractivity contribution in [2.45, 2.75) is 0 Å². The molecule has 2 heterocycles. The highest BCUT2D eigenvalue weighted by molar-refractivity contribution is 7.20. The first-order valence-corrected chi connectivity index (χ1v) is 5.29. The van der Waals surface area contributed by atoms with Gasteiger partial charge in [0.1, 0.15) is 5.82 Å². The van der Waals surface area contributed by atoms with E-state index in [4.69, 9.17) is 5.73 Å². The zero-order chi connectivity index (χ0) is 11.1. The highest BCUT2D eigenvalue weighted by Gasteiger charge is 2.12. The quantitative estimate of drug-likeness (QED) is 0.695. The Morgan fingerprint density at radius 2 is 2.19 bits per heavy atom. The molecule has 0 atom stereocenters. The van der Waals surface area contributed by atoms with Crippen molar-refractivity contribution in [2.24, 2.45) is 0 Å². The molecule has 3 aromatic rings. The minimum atomic E-state index is -0.322. The Morgan fingerprint density at radius 3 is 3.00 bits per heavy atom. The van der Waals surface area contributed by atoms with Gasteiger partial charge in [-0.2, -0.15) is 4.52 Å². The lowest BCUT2D eigenvalue weighted by Crippen LogP contribution is -1.92. The Balaban J connectivity index is 2.25. The standard InChI is InChI=1S/C9H6FN5S/c10-6-3-1-2-5(4-6)7-12-13-9-15(7)14-8(11)16-9/h1-4H,(H2,11,14). The average molecular weight is 235 g/mol. The molecule has 80 valence electrons. The Bertz CT molecular complexity index is 659. The molecule has 0 spiro atoms. The van der Waals surface area contributed by atoms with Crippen molar-refractivity contribution in [1.82, 2.24) is 19.8 Å². The van der Waals surface area contributed by atoms with Gasteiger partial charge in [-0.25, -0.2) is 4.39 Å². The average Bonchev–Trinajstić information content (AvgIpc) is 2.76. The Labute approximate surface area is 93.3 Å². The maximum atomic E-state index is 13.1. The second kappa shape index (κ2) is 3.24. The molecular weight excluding hydrogens is 229 g/mol. The van der Waals surface area contributed by atoms with Crippen molar-refractivity contribution in [3.8, 4) is 11.4 Å². The van der Waals surface area contributed by atoms with E-state index in [1.807, 2.05) is 0 Å². The maximum Gasteiger partial charge on any atom is 0.236 e. The van der Waals surface area contributed by atoms with Gasteiger partial charge < -0.3 is 5.73 Å². The van der Waals surface area contributed by atoms with E-state index in [2.05, 4.69) is 15.3 Å². The molecular formula is C9H6FN5S. The monoisotopic (exact) mass is 235 g/mol. The zero-order valence-corrected chi connectivity index (χ0v) is 8.78. The number of hydrogen-bond donors (Lipinski definition) is 1.